The molecule has 0 bridgehead atoms. The van der Waals surface area contributed by atoms with Crippen LogP contribution in [-0.4, -0.2) is 16.7 Å². The van der Waals surface area contributed by atoms with Gasteiger partial charge in [0.15, 0.2) is 0 Å². The molecule has 90 valence electrons. The van der Waals surface area contributed by atoms with Gasteiger partial charge in [-0.1, -0.05) is 17.3 Å². The number of azide groups is 1. The predicted octanol–water partition coefficient (Wildman–Crippen LogP) is 3.54. The molecule has 1 aromatic carbocycles. The maximum atomic E-state index is 12.8. The first-order valence-electron chi connectivity index (χ1n) is 5.28. The molecular weight excluding hydrogens is 233 g/mol. The third-order valence-corrected chi connectivity index (χ3v) is 2.35. The number of benzene rings is 1. The van der Waals surface area contributed by atoms with Crippen LogP contribution < -0.4 is 0 Å². The van der Waals surface area contributed by atoms with Crippen molar-refractivity contribution in [1.82, 2.24) is 10.2 Å². The van der Waals surface area contributed by atoms with E-state index < -0.39 is 0 Å². The van der Waals surface area contributed by atoms with Gasteiger partial charge in [-0.2, -0.15) is 5.10 Å². The van der Waals surface area contributed by atoms with Gasteiger partial charge in [0.2, 0.25) is 0 Å². The number of hydrogen-bond donors (Lipinski definition) is 1. The Bertz CT molecular complexity index is 593. The first-order valence-corrected chi connectivity index (χ1v) is 5.28. The fourth-order valence-electron chi connectivity index (χ4n) is 1.53. The van der Waals surface area contributed by atoms with E-state index in [1.54, 1.807) is 30.5 Å². The molecule has 2 aromatic rings. The third-order valence-electron chi connectivity index (χ3n) is 2.35. The van der Waals surface area contributed by atoms with Crippen molar-refractivity contribution >= 4 is 6.08 Å². The van der Waals surface area contributed by atoms with Crippen molar-refractivity contribution in [3.8, 4) is 11.3 Å². The van der Waals surface area contributed by atoms with Gasteiger partial charge in [0, 0.05) is 22.6 Å². The number of aromatic nitrogens is 2. The first kappa shape index (κ1) is 11.9. The maximum Gasteiger partial charge on any atom is 0.123 e. The molecule has 0 aliphatic rings. The van der Waals surface area contributed by atoms with E-state index in [-0.39, 0.29) is 12.4 Å². The second-order valence-corrected chi connectivity index (χ2v) is 3.52. The van der Waals surface area contributed by atoms with Crippen molar-refractivity contribution in [1.29, 1.82) is 0 Å². The van der Waals surface area contributed by atoms with Gasteiger partial charge in [0.05, 0.1) is 11.9 Å². The van der Waals surface area contributed by atoms with Crippen LogP contribution in [0.1, 0.15) is 5.56 Å². The fourth-order valence-corrected chi connectivity index (χ4v) is 1.53. The van der Waals surface area contributed by atoms with Crippen molar-refractivity contribution in [2.45, 2.75) is 0 Å². The quantitative estimate of drug-likeness (QED) is 0.497. The molecular formula is C12H10FN5. The number of halogens is 1. The van der Waals surface area contributed by atoms with E-state index in [0.29, 0.717) is 0 Å². The summed E-state index contributed by atoms with van der Waals surface area (Å²) in [6.07, 6.45) is 5.19. The Morgan fingerprint density at radius 3 is 2.89 bits per heavy atom. The lowest BCUT2D eigenvalue weighted by Crippen LogP contribution is -1.82. The summed E-state index contributed by atoms with van der Waals surface area (Å²) in [6.45, 7) is 0.282. The molecule has 2 rings (SSSR count). The summed E-state index contributed by atoms with van der Waals surface area (Å²) in [5, 5.41) is 10.2. The van der Waals surface area contributed by atoms with E-state index in [9.17, 15) is 4.39 Å². The van der Waals surface area contributed by atoms with Crippen LogP contribution in [-0.2, 0) is 0 Å². The average molecular weight is 243 g/mol. The van der Waals surface area contributed by atoms with Gasteiger partial charge in [-0.15, -0.1) is 0 Å². The molecule has 1 aromatic heterocycles. The number of rotatable bonds is 4. The number of aromatic amines is 1. The summed E-state index contributed by atoms with van der Waals surface area (Å²) in [5.41, 5.74) is 10.7. The van der Waals surface area contributed by atoms with E-state index in [4.69, 9.17) is 5.53 Å². The first-order chi connectivity index (χ1) is 8.81. The van der Waals surface area contributed by atoms with Crippen LogP contribution in [0, 0.1) is 5.82 Å². The minimum Gasteiger partial charge on any atom is -0.277 e. The van der Waals surface area contributed by atoms with Gasteiger partial charge in [-0.05, 0) is 29.8 Å². The lowest BCUT2D eigenvalue weighted by Gasteiger charge is -1.99. The van der Waals surface area contributed by atoms with Crippen molar-refractivity contribution in [3.05, 3.63) is 58.4 Å². The zero-order valence-corrected chi connectivity index (χ0v) is 9.42. The van der Waals surface area contributed by atoms with Crippen molar-refractivity contribution in [2.75, 3.05) is 6.54 Å². The smallest absolute Gasteiger partial charge is 0.123 e. The summed E-state index contributed by atoms with van der Waals surface area (Å²) in [4.78, 5) is 2.65. The molecule has 0 aliphatic heterocycles. The molecule has 6 heteroatoms. The molecule has 0 amide bonds. The number of nitrogens with one attached hydrogen (secondary N) is 1. The second kappa shape index (κ2) is 5.65. The maximum absolute atomic E-state index is 12.8. The summed E-state index contributed by atoms with van der Waals surface area (Å²) in [6, 6.07) is 6.13. The molecule has 1 heterocycles. The van der Waals surface area contributed by atoms with Crippen LogP contribution in [0.2, 0.25) is 0 Å². The summed E-state index contributed by atoms with van der Waals surface area (Å²) >= 11 is 0. The Balaban J connectivity index is 2.24. The van der Waals surface area contributed by atoms with Gasteiger partial charge >= 0.3 is 0 Å². The summed E-state index contributed by atoms with van der Waals surface area (Å²) in [7, 11) is 0. The minimum atomic E-state index is -0.279. The van der Waals surface area contributed by atoms with Gasteiger partial charge in [-0.3, -0.25) is 5.10 Å². The van der Waals surface area contributed by atoms with Crippen molar-refractivity contribution < 1.29 is 4.39 Å². The van der Waals surface area contributed by atoms with Crippen LogP contribution in [0.5, 0.6) is 0 Å². The zero-order chi connectivity index (χ0) is 12.8. The van der Waals surface area contributed by atoms with E-state index >= 15 is 0 Å². The van der Waals surface area contributed by atoms with E-state index in [1.807, 2.05) is 0 Å². The Morgan fingerprint density at radius 1 is 1.39 bits per heavy atom. The summed E-state index contributed by atoms with van der Waals surface area (Å²) in [5.74, 6) is -0.279. The summed E-state index contributed by atoms with van der Waals surface area (Å²) < 4.78 is 12.8. The highest BCUT2D eigenvalue weighted by atomic mass is 19.1. The molecule has 18 heavy (non-hydrogen) atoms. The standard InChI is InChI=1S/C12H10FN5/c13-11-5-3-9(4-6-11)12-10(8-16-17-12)2-1-7-15-18-14/h1-6,8H,7H2,(H,16,17). The minimum absolute atomic E-state index is 0.279. The van der Waals surface area contributed by atoms with Crippen LogP contribution in [0.25, 0.3) is 27.8 Å². The fraction of sp³-hybridized carbons (Fsp3) is 0.0833. The normalized spacial score (nSPS) is 10.5. The SMILES string of the molecule is [N-]=[N+]=NCC=Cc1cn[nH]c1-c1ccc(F)cc1. The molecule has 0 radical (unpaired) electrons. The van der Waals surface area contributed by atoms with Gasteiger partial charge < -0.3 is 0 Å². The molecule has 0 saturated carbocycles. The molecule has 0 aliphatic carbocycles. The zero-order valence-electron chi connectivity index (χ0n) is 9.42. The van der Waals surface area contributed by atoms with E-state index in [0.717, 1.165) is 16.8 Å². The largest absolute Gasteiger partial charge is 0.277 e. The Hall–Kier alpha value is -2.59. The predicted molar refractivity (Wildman–Crippen MR) is 67.0 cm³/mol. The lowest BCUT2D eigenvalue weighted by molar-refractivity contribution is 0.628. The lowest BCUT2D eigenvalue weighted by atomic mass is 10.1. The molecule has 0 saturated heterocycles. The number of hydrogen-bond acceptors (Lipinski definition) is 2. The van der Waals surface area contributed by atoms with Crippen LogP contribution in [0.4, 0.5) is 4.39 Å². The second-order valence-electron chi connectivity index (χ2n) is 3.52. The molecule has 0 atom stereocenters. The number of H-pyrrole nitrogens is 1. The highest BCUT2D eigenvalue weighted by Crippen LogP contribution is 2.22. The Labute approximate surface area is 103 Å². The molecule has 0 fully saturated rings. The van der Waals surface area contributed by atoms with Crippen LogP contribution >= 0.6 is 0 Å². The van der Waals surface area contributed by atoms with Crippen molar-refractivity contribution in [2.24, 2.45) is 5.11 Å². The van der Waals surface area contributed by atoms with Gasteiger partial charge in [0.1, 0.15) is 5.82 Å². The van der Waals surface area contributed by atoms with Crippen LogP contribution in [0.3, 0.4) is 0 Å². The number of nitrogens with zero attached hydrogens (tertiary/aromatic N) is 4. The highest BCUT2D eigenvalue weighted by Gasteiger charge is 2.04. The van der Waals surface area contributed by atoms with Crippen LogP contribution in [0.15, 0.2) is 41.7 Å². The highest BCUT2D eigenvalue weighted by molar-refractivity contribution is 5.71. The Morgan fingerprint density at radius 2 is 2.17 bits per heavy atom. The van der Waals surface area contributed by atoms with Gasteiger partial charge in [0.25, 0.3) is 0 Å². The van der Waals surface area contributed by atoms with E-state index in [2.05, 4.69) is 20.2 Å². The molecule has 5 nitrogen and oxygen atoms in total. The Kier molecular flexibility index (Phi) is 3.73. The van der Waals surface area contributed by atoms with Gasteiger partial charge in [-0.25, -0.2) is 4.39 Å². The van der Waals surface area contributed by atoms with Crippen molar-refractivity contribution in [3.63, 3.8) is 0 Å². The molecule has 0 spiro atoms. The van der Waals surface area contributed by atoms with E-state index in [1.165, 1.54) is 12.1 Å². The topological polar surface area (TPSA) is 77.4 Å². The molecule has 1 N–H and O–H groups in total. The monoisotopic (exact) mass is 243 g/mol. The third kappa shape index (κ3) is 2.75. The average Bonchev–Trinajstić information content (AvgIpc) is 2.84. The molecule has 0 unspecified atom stereocenters.